The van der Waals surface area contributed by atoms with Gasteiger partial charge >= 0.3 is 5.97 Å². The molecule has 1 aliphatic rings. The minimum Gasteiger partial charge on any atom is -0.493 e. The van der Waals surface area contributed by atoms with E-state index in [4.69, 9.17) is 9.84 Å². The third-order valence-corrected chi connectivity index (χ3v) is 4.29. The van der Waals surface area contributed by atoms with Gasteiger partial charge in [-0.2, -0.15) is 0 Å². The topological polar surface area (TPSA) is 49.8 Å². The van der Waals surface area contributed by atoms with Gasteiger partial charge in [-0.1, -0.05) is 48.5 Å². The first-order chi connectivity index (χ1) is 11.1. The van der Waals surface area contributed by atoms with Gasteiger partial charge in [0.05, 0.1) is 13.2 Å². The fourth-order valence-electron chi connectivity index (χ4n) is 3.38. The zero-order chi connectivity index (χ0) is 16.2. The Bertz CT molecular complexity index is 671. The highest BCUT2D eigenvalue weighted by Crippen LogP contribution is 2.41. The summed E-state index contributed by atoms with van der Waals surface area (Å²) < 4.78 is 5.92. The number of ether oxygens (including phenoxy) is 1. The molecule has 2 aromatic rings. The highest BCUT2D eigenvalue weighted by atomic mass is 16.5. The molecule has 0 aromatic heterocycles. The Hall–Kier alpha value is -2.33. The van der Waals surface area contributed by atoms with Gasteiger partial charge in [0, 0.05) is 23.9 Å². The molecule has 1 aliphatic heterocycles. The second-order valence-electron chi connectivity index (χ2n) is 6.09. The van der Waals surface area contributed by atoms with E-state index in [1.165, 1.54) is 11.1 Å². The van der Waals surface area contributed by atoms with Crippen LogP contribution in [0.1, 0.15) is 17.0 Å². The molecule has 0 saturated carbocycles. The zero-order valence-corrected chi connectivity index (χ0v) is 13.2. The number of aliphatic carboxylic acids is 1. The Morgan fingerprint density at radius 3 is 2.61 bits per heavy atom. The van der Waals surface area contributed by atoms with Crippen LogP contribution in [0.25, 0.3) is 0 Å². The second kappa shape index (κ2) is 6.84. The normalized spacial score (nSPS) is 19.9. The quantitative estimate of drug-likeness (QED) is 0.922. The number of carbonyl (C=O) groups is 1. The molecule has 3 rings (SSSR count). The molecule has 2 atom stereocenters. The number of hydrogen-bond acceptors (Lipinski definition) is 3. The van der Waals surface area contributed by atoms with Crippen molar-refractivity contribution in [1.82, 2.24) is 4.90 Å². The zero-order valence-electron chi connectivity index (χ0n) is 13.2. The van der Waals surface area contributed by atoms with Crippen molar-refractivity contribution in [2.45, 2.75) is 5.92 Å². The van der Waals surface area contributed by atoms with Crippen molar-refractivity contribution in [2.75, 3.05) is 26.7 Å². The van der Waals surface area contributed by atoms with Crippen molar-refractivity contribution in [3.8, 4) is 5.75 Å². The minimum absolute atomic E-state index is 0.0413. The Morgan fingerprint density at radius 1 is 1.17 bits per heavy atom. The molecule has 1 heterocycles. The number of hydrogen-bond donors (Lipinski definition) is 1. The maximum absolute atomic E-state index is 10.9. The average molecular weight is 311 g/mol. The summed E-state index contributed by atoms with van der Waals surface area (Å²) in [6, 6.07) is 18.5. The molecular weight excluding hydrogens is 290 g/mol. The van der Waals surface area contributed by atoms with Gasteiger partial charge in [-0.3, -0.25) is 9.69 Å². The van der Waals surface area contributed by atoms with Crippen molar-refractivity contribution in [3.63, 3.8) is 0 Å². The smallest absolute Gasteiger partial charge is 0.317 e. The molecule has 0 spiro atoms. The summed E-state index contributed by atoms with van der Waals surface area (Å²) in [7, 11) is 1.84. The molecule has 120 valence electrons. The van der Waals surface area contributed by atoms with Crippen LogP contribution in [0.3, 0.4) is 0 Å². The highest BCUT2D eigenvalue weighted by molar-refractivity contribution is 5.69. The van der Waals surface area contributed by atoms with E-state index in [1.807, 2.05) is 48.3 Å². The molecule has 1 N–H and O–H groups in total. The predicted molar refractivity (Wildman–Crippen MR) is 88.8 cm³/mol. The SMILES string of the molecule is CN(CC(=O)O)C[C@H]1COc2ccccc2[C@H]1c1ccccc1. The summed E-state index contributed by atoms with van der Waals surface area (Å²) >= 11 is 0. The number of carboxylic acid groups (broad SMARTS) is 1. The average Bonchev–Trinajstić information content (AvgIpc) is 2.54. The van der Waals surface area contributed by atoms with Crippen LogP contribution in [-0.2, 0) is 4.79 Å². The fraction of sp³-hybridized carbons (Fsp3) is 0.316. The lowest BCUT2D eigenvalue weighted by atomic mass is 9.79. The molecule has 4 nitrogen and oxygen atoms in total. The van der Waals surface area contributed by atoms with E-state index < -0.39 is 5.97 Å². The largest absolute Gasteiger partial charge is 0.493 e. The van der Waals surface area contributed by atoms with Crippen LogP contribution >= 0.6 is 0 Å². The van der Waals surface area contributed by atoms with Crippen LogP contribution in [0.15, 0.2) is 54.6 Å². The first kappa shape index (κ1) is 15.6. The Labute approximate surface area is 136 Å². The Morgan fingerprint density at radius 2 is 1.87 bits per heavy atom. The molecule has 23 heavy (non-hydrogen) atoms. The number of benzene rings is 2. The number of fused-ring (bicyclic) bond motifs is 1. The second-order valence-corrected chi connectivity index (χ2v) is 6.09. The summed E-state index contributed by atoms with van der Waals surface area (Å²) in [4.78, 5) is 12.8. The molecule has 0 aliphatic carbocycles. The third-order valence-electron chi connectivity index (χ3n) is 4.29. The summed E-state index contributed by atoms with van der Waals surface area (Å²) in [5, 5.41) is 8.98. The van der Waals surface area contributed by atoms with Crippen molar-refractivity contribution in [1.29, 1.82) is 0 Å². The molecular formula is C19H21NO3. The van der Waals surface area contributed by atoms with Gasteiger partial charge in [0.15, 0.2) is 0 Å². The number of rotatable bonds is 5. The molecule has 0 bridgehead atoms. The van der Waals surface area contributed by atoms with E-state index >= 15 is 0 Å². The van der Waals surface area contributed by atoms with E-state index in [2.05, 4.69) is 18.2 Å². The molecule has 0 radical (unpaired) electrons. The first-order valence-corrected chi connectivity index (χ1v) is 7.82. The Balaban J connectivity index is 1.91. The van der Waals surface area contributed by atoms with Gasteiger partial charge in [0.25, 0.3) is 0 Å². The van der Waals surface area contributed by atoms with Gasteiger partial charge in [-0.05, 0) is 18.7 Å². The van der Waals surface area contributed by atoms with Crippen molar-refractivity contribution in [3.05, 3.63) is 65.7 Å². The van der Waals surface area contributed by atoms with Crippen LogP contribution in [0.5, 0.6) is 5.75 Å². The maximum Gasteiger partial charge on any atom is 0.317 e. The van der Waals surface area contributed by atoms with Gasteiger partial charge in [-0.15, -0.1) is 0 Å². The Kier molecular flexibility index (Phi) is 4.63. The van der Waals surface area contributed by atoms with E-state index in [1.54, 1.807) is 0 Å². The summed E-state index contributed by atoms with van der Waals surface area (Å²) in [6.07, 6.45) is 0. The lowest BCUT2D eigenvalue weighted by Crippen LogP contribution is -2.38. The molecule has 2 aromatic carbocycles. The summed E-state index contributed by atoms with van der Waals surface area (Å²) in [6.45, 7) is 1.32. The van der Waals surface area contributed by atoms with Crippen molar-refractivity contribution < 1.29 is 14.6 Å². The van der Waals surface area contributed by atoms with E-state index in [9.17, 15) is 4.79 Å². The van der Waals surface area contributed by atoms with Crippen molar-refractivity contribution in [2.24, 2.45) is 5.92 Å². The molecule has 0 amide bonds. The summed E-state index contributed by atoms with van der Waals surface area (Å²) in [5.74, 6) is 0.563. The van der Waals surface area contributed by atoms with Crippen molar-refractivity contribution >= 4 is 5.97 Å². The van der Waals surface area contributed by atoms with Gasteiger partial charge < -0.3 is 9.84 Å². The monoisotopic (exact) mass is 311 g/mol. The summed E-state index contributed by atoms with van der Waals surface area (Å²) in [5.41, 5.74) is 2.43. The predicted octanol–water partition coefficient (Wildman–Crippen LogP) is 2.84. The van der Waals surface area contributed by atoms with Gasteiger partial charge in [0.2, 0.25) is 0 Å². The fourth-order valence-corrected chi connectivity index (χ4v) is 3.38. The first-order valence-electron chi connectivity index (χ1n) is 7.82. The van der Waals surface area contributed by atoms with Gasteiger partial charge in [0.1, 0.15) is 5.75 Å². The van der Waals surface area contributed by atoms with Crippen LogP contribution < -0.4 is 4.74 Å². The standard InChI is InChI=1S/C19H21NO3/c1-20(12-18(21)22)11-15-13-23-17-10-6-5-9-16(17)19(15)14-7-3-2-4-8-14/h2-10,15,19H,11-13H2,1H3,(H,21,22)/t15-,19-/m0/s1. The van der Waals surface area contributed by atoms with Crippen LogP contribution in [0.2, 0.25) is 0 Å². The van der Waals surface area contributed by atoms with Gasteiger partial charge in [-0.25, -0.2) is 0 Å². The maximum atomic E-state index is 10.9. The third kappa shape index (κ3) is 3.54. The number of carboxylic acids is 1. The lowest BCUT2D eigenvalue weighted by molar-refractivity contribution is -0.138. The lowest BCUT2D eigenvalue weighted by Gasteiger charge is -2.36. The van der Waals surface area contributed by atoms with Crippen LogP contribution in [-0.4, -0.2) is 42.7 Å². The van der Waals surface area contributed by atoms with E-state index in [0.29, 0.717) is 13.2 Å². The van der Waals surface area contributed by atoms with E-state index in [0.717, 1.165) is 5.75 Å². The number of para-hydroxylation sites is 1. The number of likely N-dealkylation sites (N-methyl/N-ethyl adjacent to an activating group) is 1. The molecule has 0 fully saturated rings. The van der Waals surface area contributed by atoms with Crippen LogP contribution in [0.4, 0.5) is 0 Å². The highest BCUT2D eigenvalue weighted by Gasteiger charge is 2.32. The van der Waals surface area contributed by atoms with Crippen LogP contribution in [0, 0.1) is 5.92 Å². The number of nitrogens with zero attached hydrogens (tertiary/aromatic N) is 1. The molecule has 0 saturated heterocycles. The molecule has 4 heteroatoms. The minimum atomic E-state index is -0.805. The molecule has 0 unspecified atom stereocenters. The van der Waals surface area contributed by atoms with E-state index in [-0.39, 0.29) is 18.4 Å².